The molecule has 6 nitrogen and oxygen atoms in total. The van der Waals surface area contributed by atoms with Gasteiger partial charge in [-0.25, -0.2) is 9.59 Å². The number of hydrogen-bond acceptors (Lipinski definition) is 4. The van der Waals surface area contributed by atoms with Gasteiger partial charge in [0, 0.05) is 19.1 Å². The molecule has 0 aliphatic carbocycles. The summed E-state index contributed by atoms with van der Waals surface area (Å²) in [5.74, 6) is -1.31. The van der Waals surface area contributed by atoms with Crippen molar-refractivity contribution < 1.29 is 30.0 Å². The molecular weight excluding hydrogens is 336 g/mol. The van der Waals surface area contributed by atoms with Crippen molar-refractivity contribution in [3.63, 3.8) is 0 Å². The topological polar surface area (TPSA) is 115 Å². The molecule has 0 bridgehead atoms. The molecule has 0 saturated heterocycles. The number of aromatic carboxylic acids is 2. The Morgan fingerprint density at radius 2 is 1.04 bits per heavy atom. The number of aliphatic hydroxyl groups excluding tert-OH is 2. The van der Waals surface area contributed by atoms with Gasteiger partial charge in [0.05, 0.1) is 11.1 Å². The van der Waals surface area contributed by atoms with Gasteiger partial charge in [0.25, 0.3) is 0 Å². The fourth-order valence-electron chi connectivity index (χ4n) is 1.64. The molecule has 0 fully saturated rings. The van der Waals surface area contributed by atoms with Gasteiger partial charge in [0.1, 0.15) is 0 Å². The Bertz CT molecular complexity index is 572. The van der Waals surface area contributed by atoms with Gasteiger partial charge in [-0.05, 0) is 30.2 Å². The monoisotopic (exact) mass is 362 g/mol. The van der Waals surface area contributed by atoms with Crippen LogP contribution in [0, 0.1) is 11.8 Å². The molecule has 0 saturated carbocycles. The van der Waals surface area contributed by atoms with E-state index in [-0.39, 0.29) is 19.1 Å². The van der Waals surface area contributed by atoms with Crippen LogP contribution >= 0.6 is 0 Å². The highest BCUT2D eigenvalue weighted by molar-refractivity contribution is 5.87. The van der Waals surface area contributed by atoms with Gasteiger partial charge in [0.15, 0.2) is 0 Å². The minimum absolute atomic E-state index is 0.0648. The fourth-order valence-corrected chi connectivity index (χ4v) is 1.64. The summed E-state index contributed by atoms with van der Waals surface area (Å²) in [6.45, 7) is 4.15. The van der Waals surface area contributed by atoms with Gasteiger partial charge in [-0.2, -0.15) is 0 Å². The average molecular weight is 362 g/mol. The fraction of sp³-hybridized carbons (Fsp3) is 0.300. The molecule has 0 aromatic heterocycles. The van der Waals surface area contributed by atoms with E-state index in [1.54, 1.807) is 60.7 Å². The molecule has 0 atom stereocenters. The molecule has 0 aliphatic rings. The summed E-state index contributed by atoms with van der Waals surface area (Å²) in [5, 5.41) is 33.8. The minimum Gasteiger partial charge on any atom is -0.478 e. The van der Waals surface area contributed by atoms with Crippen LogP contribution in [-0.4, -0.2) is 45.6 Å². The van der Waals surface area contributed by atoms with Gasteiger partial charge in [0.2, 0.25) is 0 Å². The van der Waals surface area contributed by atoms with Gasteiger partial charge in [-0.3, -0.25) is 0 Å². The first-order chi connectivity index (χ1) is 12.3. The second-order valence-corrected chi connectivity index (χ2v) is 5.71. The first-order valence-corrected chi connectivity index (χ1v) is 8.11. The normalized spacial score (nSPS) is 9.62. The zero-order valence-corrected chi connectivity index (χ0v) is 14.9. The zero-order chi connectivity index (χ0) is 19.9. The van der Waals surface area contributed by atoms with E-state index < -0.39 is 11.9 Å². The van der Waals surface area contributed by atoms with Crippen molar-refractivity contribution in [3.05, 3.63) is 71.8 Å². The Balaban J connectivity index is 0.000000362. The van der Waals surface area contributed by atoms with Crippen LogP contribution in [0.3, 0.4) is 0 Å². The lowest BCUT2D eigenvalue weighted by atomic mass is 9.98. The molecule has 142 valence electrons. The van der Waals surface area contributed by atoms with Gasteiger partial charge in [-0.1, -0.05) is 50.2 Å². The molecule has 6 heteroatoms. The van der Waals surface area contributed by atoms with Crippen molar-refractivity contribution in [2.24, 2.45) is 11.8 Å². The molecule has 0 spiro atoms. The van der Waals surface area contributed by atoms with Gasteiger partial charge >= 0.3 is 11.9 Å². The number of carboxylic acids is 2. The maximum Gasteiger partial charge on any atom is 0.335 e. The van der Waals surface area contributed by atoms with Gasteiger partial charge in [-0.15, -0.1) is 0 Å². The summed E-state index contributed by atoms with van der Waals surface area (Å²) >= 11 is 0. The van der Waals surface area contributed by atoms with Crippen LogP contribution in [0.25, 0.3) is 0 Å². The van der Waals surface area contributed by atoms with Crippen LogP contribution in [-0.2, 0) is 0 Å². The SMILES string of the molecule is CC(C)C(CO)CO.O=C(O)c1ccccc1.O=C(O)c1ccccc1. The van der Waals surface area contributed by atoms with E-state index in [2.05, 4.69) is 0 Å². The standard InChI is InChI=1S/2C7H6O2.C6H14O2/c2*8-7(9)6-4-2-1-3-5-6;1-5(2)6(3-7)4-8/h2*1-5H,(H,8,9);5-8H,3-4H2,1-2H3. The minimum atomic E-state index is -0.879. The number of carboxylic acid groups (broad SMARTS) is 2. The predicted molar refractivity (Wildman–Crippen MR) is 99.3 cm³/mol. The number of rotatable bonds is 5. The van der Waals surface area contributed by atoms with Gasteiger partial charge < -0.3 is 20.4 Å². The molecule has 0 heterocycles. The molecule has 0 amide bonds. The smallest absolute Gasteiger partial charge is 0.335 e. The van der Waals surface area contributed by atoms with E-state index in [4.69, 9.17) is 20.4 Å². The van der Waals surface area contributed by atoms with Crippen molar-refractivity contribution >= 4 is 11.9 Å². The number of carbonyl (C=O) groups is 2. The Labute approximate surface area is 153 Å². The lowest BCUT2D eigenvalue weighted by Crippen LogP contribution is -2.17. The third kappa shape index (κ3) is 10.2. The second kappa shape index (κ2) is 13.6. The highest BCUT2D eigenvalue weighted by Gasteiger charge is 2.08. The average Bonchev–Trinajstić information content (AvgIpc) is 2.65. The quantitative estimate of drug-likeness (QED) is 0.650. The molecule has 2 aromatic rings. The molecule has 0 aliphatic heterocycles. The van der Waals surface area contributed by atoms with E-state index in [1.807, 2.05) is 13.8 Å². The van der Waals surface area contributed by atoms with Crippen molar-refractivity contribution in [1.82, 2.24) is 0 Å². The van der Waals surface area contributed by atoms with Crippen molar-refractivity contribution in [1.29, 1.82) is 0 Å². The maximum absolute atomic E-state index is 10.2. The summed E-state index contributed by atoms with van der Waals surface area (Å²) < 4.78 is 0. The summed E-state index contributed by atoms with van der Waals surface area (Å²) in [7, 11) is 0. The molecule has 0 radical (unpaired) electrons. The summed E-state index contributed by atoms with van der Waals surface area (Å²) in [6, 6.07) is 16.6. The summed E-state index contributed by atoms with van der Waals surface area (Å²) in [4.78, 5) is 20.4. The largest absolute Gasteiger partial charge is 0.478 e. The Morgan fingerprint density at radius 1 is 0.731 bits per heavy atom. The van der Waals surface area contributed by atoms with Crippen LogP contribution in [0.1, 0.15) is 34.6 Å². The van der Waals surface area contributed by atoms with E-state index in [0.29, 0.717) is 17.0 Å². The van der Waals surface area contributed by atoms with Crippen LogP contribution < -0.4 is 0 Å². The number of hydrogen-bond donors (Lipinski definition) is 4. The third-order valence-electron chi connectivity index (χ3n) is 3.45. The Hall–Kier alpha value is -2.70. The lowest BCUT2D eigenvalue weighted by Gasteiger charge is -2.13. The van der Waals surface area contributed by atoms with E-state index in [0.717, 1.165) is 0 Å². The molecule has 2 aromatic carbocycles. The molecule has 4 N–H and O–H groups in total. The van der Waals surface area contributed by atoms with Crippen LogP contribution in [0.15, 0.2) is 60.7 Å². The van der Waals surface area contributed by atoms with Crippen molar-refractivity contribution in [3.8, 4) is 0 Å². The molecule has 2 rings (SSSR count). The summed E-state index contributed by atoms with van der Waals surface area (Å²) in [6.07, 6.45) is 0. The maximum atomic E-state index is 10.2. The Kier molecular flexibility index (Phi) is 12.2. The van der Waals surface area contributed by atoms with Crippen molar-refractivity contribution in [2.45, 2.75) is 13.8 Å². The number of aliphatic hydroxyl groups is 2. The van der Waals surface area contributed by atoms with Crippen LogP contribution in [0.4, 0.5) is 0 Å². The molecular formula is C20H26O6. The van der Waals surface area contributed by atoms with E-state index in [9.17, 15) is 9.59 Å². The van der Waals surface area contributed by atoms with Crippen molar-refractivity contribution in [2.75, 3.05) is 13.2 Å². The van der Waals surface area contributed by atoms with E-state index in [1.165, 1.54) is 0 Å². The molecule has 26 heavy (non-hydrogen) atoms. The third-order valence-corrected chi connectivity index (χ3v) is 3.45. The molecule has 0 unspecified atom stereocenters. The Morgan fingerprint density at radius 3 is 1.15 bits per heavy atom. The van der Waals surface area contributed by atoms with E-state index >= 15 is 0 Å². The first-order valence-electron chi connectivity index (χ1n) is 8.11. The zero-order valence-electron chi connectivity index (χ0n) is 14.9. The second-order valence-electron chi connectivity index (χ2n) is 5.71. The highest BCUT2D eigenvalue weighted by atomic mass is 16.4. The predicted octanol–water partition coefficient (Wildman–Crippen LogP) is 3.01. The summed E-state index contributed by atoms with van der Waals surface area (Å²) in [5.41, 5.74) is 0.662. The van der Waals surface area contributed by atoms with Crippen LogP contribution in [0.2, 0.25) is 0 Å². The highest BCUT2D eigenvalue weighted by Crippen LogP contribution is 2.07. The number of benzene rings is 2. The van der Waals surface area contributed by atoms with Crippen LogP contribution in [0.5, 0.6) is 0 Å². The first kappa shape index (κ1) is 23.3. The lowest BCUT2D eigenvalue weighted by molar-refractivity contribution is 0.0686.